The molecule has 0 radical (unpaired) electrons. The van der Waals surface area contributed by atoms with E-state index in [0.717, 1.165) is 18.7 Å². The van der Waals surface area contributed by atoms with E-state index in [9.17, 15) is 4.79 Å². The molecule has 0 bridgehead atoms. The van der Waals surface area contributed by atoms with Crippen LogP contribution in [0.3, 0.4) is 0 Å². The molecule has 1 aromatic heterocycles. The summed E-state index contributed by atoms with van der Waals surface area (Å²) in [5.41, 5.74) is 0. The summed E-state index contributed by atoms with van der Waals surface area (Å²) in [7, 11) is 1.91. The van der Waals surface area contributed by atoms with E-state index < -0.39 is 0 Å². The number of nitrogens with zero attached hydrogens (tertiary/aromatic N) is 2. The molecule has 0 saturated heterocycles. The second-order valence-corrected chi connectivity index (χ2v) is 5.05. The summed E-state index contributed by atoms with van der Waals surface area (Å²) in [5, 5.41) is 0. The largest absolute Gasteiger partial charge is 0.321 e. The minimum atomic E-state index is 0.762. The van der Waals surface area contributed by atoms with E-state index in [4.69, 9.17) is 0 Å². The van der Waals surface area contributed by atoms with Gasteiger partial charge in [-0.1, -0.05) is 45.4 Å². The number of imidazole rings is 1. The summed E-state index contributed by atoms with van der Waals surface area (Å²) in [6.45, 7) is 3.21. The zero-order chi connectivity index (χ0) is 13.2. The molecule has 0 aromatic carbocycles. The van der Waals surface area contributed by atoms with Crippen LogP contribution in [0, 0.1) is 0 Å². The van der Waals surface area contributed by atoms with Gasteiger partial charge in [-0.15, -0.1) is 0 Å². The molecule has 0 atom stereocenters. The fourth-order valence-electron chi connectivity index (χ4n) is 2.29. The highest BCUT2D eigenvalue weighted by Crippen LogP contribution is 2.09. The minimum Gasteiger partial charge on any atom is -0.289 e. The molecule has 3 heteroatoms. The molecule has 18 heavy (non-hydrogen) atoms. The number of carbonyl (C=O) groups is 1. The van der Waals surface area contributed by atoms with Crippen LogP contribution in [-0.2, 0) is 13.6 Å². The van der Waals surface area contributed by atoms with Gasteiger partial charge in [0.15, 0.2) is 0 Å². The molecule has 0 unspecified atom stereocenters. The Hall–Kier alpha value is -1.12. The Bertz CT molecular complexity index is 344. The van der Waals surface area contributed by atoms with Crippen molar-refractivity contribution in [2.24, 2.45) is 7.05 Å². The maximum absolute atomic E-state index is 10.9. The monoisotopic (exact) mass is 251 g/mol. The van der Waals surface area contributed by atoms with Crippen molar-refractivity contribution >= 4 is 6.29 Å². The topological polar surface area (TPSA) is 25.9 Å². The number of aldehydes is 1. The molecule has 0 aliphatic rings. The zero-order valence-electron chi connectivity index (χ0n) is 11.9. The van der Waals surface area contributed by atoms with Gasteiger partial charge in [-0.25, -0.2) is 9.13 Å². The maximum atomic E-state index is 10.9. The first-order chi connectivity index (χ1) is 8.79. The third kappa shape index (κ3) is 5.03. The van der Waals surface area contributed by atoms with Crippen molar-refractivity contribution in [3.8, 4) is 0 Å². The summed E-state index contributed by atoms with van der Waals surface area (Å²) in [6, 6.07) is 0. The first-order valence-corrected chi connectivity index (χ1v) is 7.29. The van der Waals surface area contributed by atoms with Crippen molar-refractivity contribution in [1.82, 2.24) is 4.57 Å². The number of unbranched alkanes of at least 4 members (excludes halogenated alkanes) is 7. The lowest BCUT2D eigenvalue weighted by atomic mass is 10.1. The third-order valence-corrected chi connectivity index (χ3v) is 3.48. The van der Waals surface area contributed by atoms with Crippen molar-refractivity contribution in [3.05, 3.63) is 18.2 Å². The number of hydrogen-bond acceptors (Lipinski definition) is 1. The van der Waals surface area contributed by atoms with Gasteiger partial charge in [0.05, 0.1) is 13.6 Å². The Labute approximate surface area is 111 Å². The van der Waals surface area contributed by atoms with E-state index >= 15 is 0 Å². The van der Waals surface area contributed by atoms with Crippen LogP contribution >= 0.6 is 0 Å². The molecule has 3 nitrogen and oxygen atoms in total. The minimum absolute atomic E-state index is 0.762. The third-order valence-electron chi connectivity index (χ3n) is 3.48. The molecule has 0 N–H and O–H groups in total. The smallest absolute Gasteiger partial charge is 0.289 e. The van der Waals surface area contributed by atoms with E-state index in [2.05, 4.69) is 6.92 Å². The fourth-order valence-corrected chi connectivity index (χ4v) is 2.29. The van der Waals surface area contributed by atoms with Crippen molar-refractivity contribution in [2.75, 3.05) is 0 Å². The average Bonchev–Trinajstić information content (AvgIpc) is 2.73. The van der Waals surface area contributed by atoms with Crippen LogP contribution in [0.25, 0.3) is 0 Å². The molecular formula is C15H27N2O+. The van der Waals surface area contributed by atoms with E-state index in [0.29, 0.717) is 0 Å². The standard InChI is InChI=1S/C15H27N2O/c1-3-4-5-6-7-8-9-10-11-17-13-12-16(2)15(17)14-18/h12-14H,3-11H2,1-2H3/q+1. The van der Waals surface area contributed by atoms with Crippen LogP contribution in [-0.4, -0.2) is 10.9 Å². The normalized spacial score (nSPS) is 10.8. The zero-order valence-corrected chi connectivity index (χ0v) is 11.9. The molecule has 0 aliphatic heterocycles. The molecule has 102 valence electrons. The van der Waals surface area contributed by atoms with E-state index in [1.165, 1.54) is 51.4 Å². The molecule has 1 heterocycles. The number of rotatable bonds is 10. The van der Waals surface area contributed by atoms with Crippen LogP contribution in [0.15, 0.2) is 12.4 Å². The van der Waals surface area contributed by atoms with Crippen LogP contribution in [0.5, 0.6) is 0 Å². The summed E-state index contributed by atoms with van der Waals surface area (Å²) in [5.74, 6) is 0.762. The van der Waals surface area contributed by atoms with Crippen LogP contribution in [0.1, 0.15) is 68.9 Å². The Balaban J connectivity index is 2.09. The van der Waals surface area contributed by atoms with Gasteiger partial charge in [0.25, 0.3) is 0 Å². The van der Waals surface area contributed by atoms with Crippen LogP contribution in [0.2, 0.25) is 0 Å². The van der Waals surface area contributed by atoms with Crippen molar-refractivity contribution in [3.63, 3.8) is 0 Å². The molecule has 1 aromatic rings. The van der Waals surface area contributed by atoms with Gasteiger partial charge in [-0.2, -0.15) is 0 Å². The summed E-state index contributed by atoms with van der Waals surface area (Å²) in [6.07, 6.45) is 15.5. The molecule has 0 amide bonds. The van der Waals surface area contributed by atoms with Crippen molar-refractivity contribution < 1.29 is 9.36 Å². The molecule has 0 saturated carbocycles. The molecule has 0 fully saturated rings. The highest BCUT2D eigenvalue weighted by molar-refractivity contribution is 5.66. The summed E-state index contributed by atoms with van der Waals surface area (Å²) < 4.78 is 3.92. The molecule has 1 rings (SSSR count). The van der Waals surface area contributed by atoms with Gasteiger partial charge in [0.1, 0.15) is 12.4 Å². The van der Waals surface area contributed by atoms with E-state index in [1.807, 2.05) is 28.6 Å². The van der Waals surface area contributed by atoms with Crippen LogP contribution < -0.4 is 4.57 Å². The van der Waals surface area contributed by atoms with Gasteiger partial charge in [0.2, 0.25) is 6.29 Å². The number of aryl methyl sites for hydroxylation is 2. The first-order valence-electron chi connectivity index (χ1n) is 7.29. The van der Waals surface area contributed by atoms with Gasteiger partial charge in [-0.05, 0) is 12.8 Å². The predicted octanol–water partition coefficient (Wildman–Crippen LogP) is 3.27. The Morgan fingerprint density at radius 2 is 1.72 bits per heavy atom. The van der Waals surface area contributed by atoms with Gasteiger partial charge in [-0.3, -0.25) is 4.79 Å². The van der Waals surface area contributed by atoms with E-state index in [-0.39, 0.29) is 0 Å². The SMILES string of the molecule is CCCCCCCCCCn1cc[n+](C)c1C=O. The van der Waals surface area contributed by atoms with Gasteiger partial charge < -0.3 is 0 Å². The lowest BCUT2D eigenvalue weighted by molar-refractivity contribution is -0.672. The molecular weight excluding hydrogens is 224 g/mol. The number of aromatic nitrogens is 2. The Morgan fingerprint density at radius 1 is 1.11 bits per heavy atom. The average molecular weight is 251 g/mol. The molecule has 0 aliphatic carbocycles. The van der Waals surface area contributed by atoms with Gasteiger partial charge in [0, 0.05) is 0 Å². The highest BCUT2D eigenvalue weighted by Gasteiger charge is 2.11. The predicted molar refractivity (Wildman–Crippen MR) is 73.6 cm³/mol. The molecule has 0 spiro atoms. The van der Waals surface area contributed by atoms with E-state index in [1.54, 1.807) is 0 Å². The summed E-state index contributed by atoms with van der Waals surface area (Å²) in [4.78, 5) is 10.9. The Kier molecular flexibility index (Phi) is 7.38. The lowest BCUT2D eigenvalue weighted by Crippen LogP contribution is -2.31. The van der Waals surface area contributed by atoms with Gasteiger partial charge >= 0.3 is 5.82 Å². The first kappa shape index (κ1) is 14.9. The maximum Gasteiger partial charge on any atom is 0.321 e. The fraction of sp³-hybridized carbons (Fsp3) is 0.733. The lowest BCUT2D eigenvalue weighted by Gasteiger charge is -2.01. The van der Waals surface area contributed by atoms with Crippen LogP contribution in [0.4, 0.5) is 0 Å². The quantitative estimate of drug-likeness (QED) is 0.356. The Morgan fingerprint density at radius 3 is 2.33 bits per heavy atom. The highest BCUT2D eigenvalue weighted by atomic mass is 16.1. The second-order valence-electron chi connectivity index (χ2n) is 5.05. The second kappa shape index (κ2) is 8.90. The number of carbonyl (C=O) groups excluding carboxylic acids is 1. The summed E-state index contributed by atoms with van der Waals surface area (Å²) >= 11 is 0. The van der Waals surface area contributed by atoms with Crippen molar-refractivity contribution in [2.45, 2.75) is 64.8 Å². The van der Waals surface area contributed by atoms with Crippen molar-refractivity contribution in [1.29, 1.82) is 0 Å². The number of hydrogen-bond donors (Lipinski definition) is 0.